The molecular formula is C14H26N2. The minimum atomic E-state index is 0. The molecule has 1 N–H and O–H groups in total. The number of likely N-dealkylation sites (N-methyl/N-ethyl adjacent to an activating group) is 2. The van der Waals surface area contributed by atoms with Gasteiger partial charge < -0.3 is 5.32 Å². The van der Waals surface area contributed by atoms with Crippen LogP contribution in [0.1, 0.15) is 33.8 Å². The maximum absolute atomic E-state index is 3.45. The molecule has 0 saturated carbocycles. The van der Waals surface area contributed by atoms with Gasteiger partial charge in [0.2, 0.25) is 0 Å². The summed E-state index contributed by atoms with van der Waals surface area (Å²) in [4.78, 5) is 2.50. The van der Waals surface area contributed by atoms with Crippen molar-refractivity contribution in [3.63, 3.8) is 0 Å². The Labute approximate surface area is 101 Å². The van der Waals surface area contributed by atoms with Gasteiger partial charge >= 0.3 is 0 Å². The van der Waals surface area contributed by atoms with Crippen LogP contribution in [0.5, 0.6) is 0 Å². The summed E-state index contributed by atoms with van der Waals surface area (Å²) in [5, 5.41) is 3.45. The molecule has 0 spiro atoms. The first-order valence-corrected chi connectivity index (χ1v) is 6.33. The molecule has 0 saturated heterocycles. The molecule has 0 aromatic heterocycles. The van der Waals surface area contributed by atoms with Crippen molar-refractivity contribution >= 4 is 0 Å². The zero-order valence-corrected chi connectivity index (χ0v) is 10.7. The second-order valence-corrected chi connectivity index (χ2v) is 3.96. The third-order valence-electron chi connectivity index (χ3n) is 3.03. The van der Waals surface area contributed by atoms with Crippen molar-refractivity contribution in [2.75, 3.05) is 26.2 Å². The molecule has 92 valence electrons. The lowest BCUT2D eigenvalue weighted by Crippen LogP contribution is -2.35. The molecule has 0 fully saturated rings. The van der Waals surface area contributed by atoms with E-state index in [0.29, 0.717) is 6.04 Å². The van der Waals surface area contributed by atoms with E-state index in [2.05, 4.69) is 61.3 Å². The first-order chi connectivity index (χ1) is 7.83. The van der Waals surface area contributed by atoms with Crippen LogP contribution in [0.25, 0.3) is 0 Å². The van der Waals surface area contributed by atoms with E-state index in [-0.39, 0.29) is 1.43 Å². The number of hydrogen-bond acceptors (Lipinski definition) is 2. The first kappa shape index (κ1) is 13.2. The van der Waals surface area contributed by atoms with Crippen LogP contribution < -0.4 is 5.32 Å². The number of nitrogens with zero attached hydrogens (tertiary/aromatic N) is 1. The van der Waals surface area contributed by atoms with Gasteiger partial charge in [0.1, 0.15) is 0 Å². The van der Waals surface area contributed by atoms with Gasteiger partial charge in [-0.3, -0.25) is 4.90 Å². The van der Waals surface area contributed by atoms with Crippen molar-refractivity contribution in [1.82, 2.24) is 10.2 Å². The maximum atomic E-state index is 3.45. The van der Waals surface area contributed by atoms with E-state index in [0.717, 1.165) is 26.2 Å². The van der Waals surface area contributed by atoms with Crippen molar-refractivity contribution in [3.8, 4) is 0 Å². The number of rotatable bonds is 7. The van der Waals surface area contributed by atoms with Crippen LogP contribution in [-0.2, 0) is 0 Å². The lowest BCUT2D eigenvalue weighted by molar-refractivity contribution is 0.214. The number of nitrogens with one attached hydrogen (secondary N) is 1. The molecule has 0 radical (unpaired) electrons. The zero-order chi connectivity index (χ0) is 11.8. The van der Waals surface area contributed by atoms with Gasteiger partial charge in [0.15, 0.2) is 0 Å². The number of benzene rings is 1. The van der Waals surface area contributed by atoms with Crippen molar-refractivity contribution in [2.45, 2.75) is 26.8 Å². The predicted octanol–water partition coefficient (Wildman–Crippen LogP) is 2.93. The molecule has 1 unspecified atom stereocenters. The van der Waals surface area contributed by atoms with Gasteiger partial charge in [-0.2, -0.15) is 0 Å². The molecule has 1 rings (SSSR count). The van der Waals surface area contributed by atoms with E-state index < -0.39 is 0 Å². The molecule has 1 aromatic carbocycles. The minimum Gasteiger partial charge on any atom is -0.315 e. The van der Waals surface area contributed by atoms with Gasteiger partial charge in [-0.05, 0) is 25.2 Å². The largest absolute Gasteiger partial charge is 0.315 e. The van der Waals surface area contributed by atoms with Crippen LogP contribution in [0.2, 0.25) is 0 Å². The third-order valence-corrected chi connectivity index (χ3v) is 3.03. The highest BCUT2D eigenvalue weighted by Crippen LogP contribution is 2.19. The standard InChI is InChI=1S/C14H24N2.H2/c1-4-15-12-14(16(5-2)6-3)13-10-8-7-9-11-13;/h7-11,14-15H,4-6,12H2,1-3H3;1H. The quantitative estimate of drug-likeness (QED) is 0.763. The summed E-state index contributed by atoms with van der Waals surface area (Å²) < 4.78 is 0. The van der Waals surface area contributed by atoms with Crippen LogP contribution in [0.3, 0.4) is 0 Å². The summed E-state index contributed by atoms with van der Waals surface area (Å²) >= 11 is 0. The van der Waals surface area contributed by atoms with Gasteiger partial charge in [-0.1, -0.05) is 51.1 Å². The average molecular weight is 222 g/mol. The topological polar surface area (TPSA) is 15.3 Å². The van der Waals surface area contributed by atoms with Crippen molar-refractivity contribution in [2.24, 2.45) is 0 Å². The molecule has 0 bridgehead atoms. The molecule has 2 heteroatoms. The summed E-state index contributed by atoms with van der Waals surface area (Å²) in [6.45, 7) is 10.9. The zero-order valence-electron chi connectivity index (χ0n) is 10.7. The molecule has 2 nitrogen and oxygen atoms in total. The fourth-order valence-electron chi connectivity index (χ4n) is 2.08. The molecule has 16 heavy (non-hydrogen) atoms. The summed E-state index contributed by atoms with van der Waals surface area (Å²) in [6.07, 6.45) is 0. The van der Waals surface area contributed by atoms with E-state index in [9.17, 15) is 0 Å². The van der Waals surface area contributed by atoms with Gasteiger partial charge in [0.25, 0.3) is 0 Å². The van der Waals surface area contributed by atoms with E-state index in [1.165, 1.54) is 5.56 Å². The molecule has 1 aromatic rings. The maximum Gasteiger partial charge on any atom is 0.0472 e. The predicted molar refractivity (Wildman–Crippen MR) is 72.8 cm³/mol. The second kappa shape index (κ2) is 7.42. The van der Waals surface area contributed by atoms with Crippen LogP contribution in [0.15, 0.2) is 30.3 Å². The van der Waals surface area contributed by atoms with Gasteiger partial charge in [-0.15, -0.1) is 0 Å². The summed E-state index contributed by atoms with van der Waals surface area (Å²) in [6, 6.07) is 11.3. The molecule has 0 aliphatic carbocycles. The Bertz CT molecular complexity index is 273. The highest BCUT2D eigenvalue weighted by atomic mass is 15.2. The Kier molecular flexibility index (Phi) is 6.12. The SMILES string of the molecule is CCNCC(c1ccccc1)N(CC)CC.[HH]. The molecule has 1 atom stereocenters. The lowest BCUT2D eigenvalue weighted by atomic mass is 10.1. The summed E-state index contributed by atoms with van der Waals surface area (Å²) in [5.74, 6) is 0. The van der Waals surface area contributed by atoms with Crippen LogP contribution in [0, 0.1) is 0 Å². The molecule has 0 aliphatic heterocycles. The van der Waals surface area contributed by atoms with Crippen LogP contribution in [0.4, 0.5) is 0 Å². The monoisotopic (exact) mass is 222 g/mol. The van der Waals surface area contributed by atoms with Gasteiger partial charge in [0, 0.05) is 14.0 Å². The minimum absolute atomic E-state index is 0. The van der Waals surface area contributed by atoms with E-state index >= 15 is 0 Å². The van der Waals surface area contributed by atoms with Crippen LogP contribution >= 0.6 is 0 Å². The summed E-state index contributed by atoms with van der Waals surface area (Å²) in [5.41, 5.74) is 1.41. The van der Waals surface area contributed by atoms with Crippen molar-refractivity contribution < 1.29 is 1.43 Å². The fraction of sp³-hybridized carbons (Fsp3) is 0.571. The Hall–Kier alpha value is -0.860. The average Bonchev–Trinajstić information content (AvgIpc) is 2.35. The molecule has 0 amide bonds. The van der Waals surface area contributed by atoms with Crippen molar-refractivity contribution in [1.29, 1.82) is 0 Å². The fourth-order valence-corrected chi connectivity index (χ4v) is 2.08. The lowest BCUT2D eigenvalue weighted by Gasteiger charge is -2.30. The van der Waals surface area contributed by atoms with E-state index in [1.807, 2.05) is 0 Å². The Morgan fingerprint density at radius 2 is 1.75 bits per heavy atom. The van der Waals surface area contributed by atoms with E-state index in [1.54, 1.807) is 0 Å². The van der Waals surface area contributed by atoms with Crippen molar-refractivity contribution in [3.05, 3.63) is 35.9 Å². The Balaban J connectivity index is 0.00000256. The molecular weight excluding hydrogens is 196 g/mol. The molecule has 0 heterocycles. The van der Waals surface area contributed by atoms with Gasteiger partial charge in [0.05, 0.1) is 0 Å². The van der Waals surface area contributed by atoms with E-state index in [4.69, 9.17) is 0 Å². The number of hydrogen-bond donors (Lipinski definition) is 1. The normalized spacial score (nSPS) is 13.0. The molecule has 0 aliphatic rings. The highest BCUT2D eigenvalue weighted by Gasteiger charge is 2.16. The third kappa shape index (κ3) is 3.62. The highest BCUT2D eigenvalue weighted by molar-refractivity contribution is 5.19. The summed E-state index contributed by atoms with van der Waals surface area (Å²) in [7, 11) is 0. The van der Waals surface area contributed by atoms with Gasteiger partial charge in [-0.25, -0.2) is 0 Å². The Morgan fingerprint density at radius 1 is 1.12 bits per heavy atom. The second-order valence-electron chi connectivity index (χ2n) is 3.96. The van der Waals surface area contributed by atoms with Crippen LogP contribution in [-0.4, -0.2) is 31.1 Å². The Morgan fingerprint density at radius 3 is 2.25 bits per heavy atom. The first-order valence-electron chi connectivity index (χ1n) is 6.33. The smallest absolute Gasteiger partial charge is 0.0472 e.